The molecule has 3 atom stereocenters. The maximum atomic E-state index is 12.3. The lowest BCUT2D eigenvalue weighted by molar-refractivity contribution is -0.149. The Labute approximate surface area is 107 Å². The van der Waals surface area contributed by atoms with Gasteiger partial charge in [0.05, 0.1) is 11.0 Å². The van der Waals surface area contributed by atoms with Crippen LogP contribution < -0.4 is 10.6 Å². The Balaban J connectivity index is 2.05. The first-order valence-electron chi connectivity index (χ1n) is 6.68. The number of amides is 1. The van der Waals surface area contributed by atoms with Gasteiger partial charge < -0.3 is 15.7 Å². The van der Waals surface area contributed by atoms with Gasteiger partial charge in [0.15, 0.2) is 0 Å². The fraction of sp³-hybridized carbons (Fsp3) is 0.846. The first-order valence-corrected chi connectivity index (χ1v) is 6.68. The van der Waals surface area contributed by atoms with Gasteiger partial charge in [-0.25, -0.2) is 0 Å². The van der Waals surface area contributed by atoms with E-state index in [1.165, 1.54) is 0 Å². The van der Waals surface area contributed by atoms with Crippen molar-refractivity contribution in [3.8, 4) is 0 Å². The average molecular weight is 254 g/mol. The molecule has 0 aromatic heterocycles. The van der Waals surface area contributed by atoms with E-state index in [0.29, 0.717) is 6.42 Å². The lowest BCUT2D eigenvalue weighted by Gasteiger charge is -2.31. The average Bonchev–Trinajstić information content (AvgIpc) is 2.88. The fourth-order valence-electron chi connectivity index (χ4n) is 3.06. The van der Waals surface area contributed by atoms with E-state index in [2.05, 4.69) is 10.6 Å². The molecule has 1 heterocycles. The van der Waals surface area contributed by atoms with Gasteiger partial charge in [-0.3, -0.25) is 9.59 Å². The van der Waals surface area contributed by atoms with Crippen LogP contribution in [0.2, 0.25) is 0 Å². The molecule has 1 aliphatic carbocycles. The van der Waals surface area contributed by atoms with E-state index in [0.717, 1.165) is 32.2 Å². The molecule has 3 N–H and O–H groups in total. The maximum absolute atomic E-state index is 12.3. The third-order valence-electron chi connectivity index (χ3n) is 4.62. The summed E-state index contributed by atoms with van der Waals surface area (Å²) >= 11 is 0. The number of carboxylic acids is 1. The van der Waals surface area contributed by atoms with E-state index in [-0.39, 0.29) is 11.9 Å². The standard InChI is InChI=1S/C13H22N2O3/c1-12(11(17)18)6-3-5-9(12)15-10(16)13(2)7-4-8-14-13/h9,14H,3-8H2,1-2H3,(H,15,16)(H,17,18). The summed E-state index contributed by atoms with van der Waals surface area (Å²) in [6.07, 6.45) is 4.06. The highest BCUT2D eigenvalue weighted by Crippen LogP contribution is 2.38. The summed E-state index contributed by atoms with van der Waals surface area (Å²) in [6, 6.07) is -0.248. The first kappa shape index (κ1) is 13.3. The van der Waals surface area contributed by atoms with Gasteiger partial charge in [0.1, 0.15) is 0 Å². The summed E-state index contributed by atoms with van der Waals surface area (Å²) in [7, 11) is 0. The van der Waals surface area contributed by atoms with Crippen LogP contribution in [0.1, 0.15) is 46.0 Å². The molecule has 3 unspecified atom stereocenters. The van der Waals surface area contributed by atoms with Crippen LogP contribution in [-0.2, 0) is 9.59 Å². The van der Waals surface area contributed by atoms with Gasteiger partial charge in [0.2, 0.25) is 5.91 Å². The van der Waals surface area contributed by atoms with Gasteiger partial charge in [-0.2, -0.15) is 0 Å². The molecule has 0 bridgehead atoms. The maximum Gasteiger partial charge on any atom is 0.311 e. The van der Waals surface area contributed by atoms with Crippen molar-refractivity contribution in [1.82, 2.24) is 10.6 Å². The Bertz CT molecular complexity index is 363. The second-order valence-corrected chi connectivity index (χ2v) is 6.00. The third-order valence-corrected chi connectivity index (χ3v) is 4.62. The summed E-state index contributed by atoms with van der Waals surface area (Å²) in [5, 5.41) is 15.5. The highest BCUT2D eigenvalue weighted by molar-refractivity contribution is 5.87. The zero-order valence-electron chi connectivity index (χ0n) is 11.1. The van der Waals surface area contributed by atoms with Crippen LogP contribution in [0.4, 0.5) is 0 Å². The van der Waals surface area contributed by atoms with E-state index in [1.807, 2.05) is 6.92 Å². The SMILES string of the molecule is CC1(C(=O)NC2CCCC2(C)C(=O)O)CCCN1. The van der Waals surface area contributed by atoms with Crippen LogP contribution in [-0.4, -0.2) is 35.1 Å². The van der Waals surface area contributed by atoms with Crippen molar-refractivity contribution in [2.24, 2.45) is 5.41 Å². The molecule has 2 rings (SSSR count). The molecule has 1 saturated carbocycles. The highest BCUT2D eigenvalue weighted by Gasteiger charge is 2.47. The molecule has 5 heteroatoms. The monoisotopic (exact) mass is 254 g/mol. The molecule has 2 fully saturated rings. The Morgan fingerprint density at radius 2 is 2.00 bits per heavy atom. The minimum absolute atomic E-state index is 0.0561. The van der Waals surface area contributed by atoms with Gasteiger partial charge in [0, 0.05) is 6.04 Å². The zero-order chi connectivity index (χ0) is 13.4. The van der Waals surface area contributed by atoms with Gasteiger partial charge in [-0.05, 0) is 46.1 Å². The van der Waals surface area contributed by atoms with Crippen molar-refractivity contribution < 1.29 is 14.7 Å². The highest BCUT2D eigenvalue weighted by atomic mass is 16.4. The molecule has 0 radical (unpaired) electrons. The van der Waals surface area contributed by atoms with Crippen LogP contribution in [0, 0.1) is 5.41 Å². The van der Waals surface area contributed by atoms with Gasteiger partial charge in [-0.1, -0.05) is 6.42 Å². The van der Waals surface area contributed by atoms with E-state index in [4.69, 9.17) is 0 Å². The summed E-state index contributed by atoms with van der Waals surface area (Å²) < 4.78 is 0. The Morgan fingerprint density at radius 1 is 1.28 bits per heavy atom. The van der Waals surface area contributed by atoms with Gasteiger partial charge in [-0.15, -0.1) is 0 Å². The van der Waals surface area contributed by atoms with Crippen LogP contribution in [0.3, 0.4) is 0 Å². The molecule has 18 heavy (non-hydrogen) atoms. The number of hydrogen-bond donors (Lipinski definition) is 3. The number of nitrogens with one attached hydrogen (secondary N) is 2. The van der Waals surface area contributed by atoms with Crippen LogP contribution in [0.15, 0.2) is 0 Å². The molecule has 0 spiro atoms. The number of carbonyl (C=O) groups is 2. The summed E-state index contributed by atoms with van der Waals surface area (Å²) in [4.78, 5) is 23.6. The number of carboxylic acid groups (broad SMARTS) is 1. The van der Waals surface area contributed by atoms with E-state index in [1.54, 1.807) is 6.92 Å². The molecule has 0 aromatic rings. The number of hydrogen-bond acceptors (Lipinski definition) is 3. The Morgan fingerprint density at radius 3 is 2.56 bits per heavy atom. The summed E-state index contributed by atoms with van der Waals surface area (Å²) in [6.45, 7) is 4.48. The number of rotatable bonds is 3. The topological polar surface area (TPSA) is 78.4 Å². The van der Waals surface area contributed by atoms with Gasteiger partial charge >= 0.3 is 5.97 Å². The van der Waals surface area contributed by atoms with Crippen LogP contribution in [0.5, 0.6) is 0 Å². The smallest absolute Gasteiger partial charge is 0.311 e. The lowest BCUT2D eigenvalue weighted by Crippen LogP contribution is -2.57. The molecule has 1 saturated heterocycles. The van der Waals surface area contributed by atoms with Crippen LogP contribution in [0.25, 0.3) is 0 Å². The van der Waals surface area contributed by atoms with E-state index < -0.39 is 16.9 Å². The predicted molar refractivity (Wildman–Crippen MR) is 67.2 cm³/mol. The molecule has 2 aliphatic rings. The molecule has 1 aliphatic heterocycles. The molecular formula is C13H22N2O3. The van der Waals surface area contributed by atoms with Gasteiger partial charge in [0.25, 0.3) is 0 Å². The largest absolute Gasteiger partial charge is 0.481 e. The van der Waals surface area contributed by atoms with Crippen LogP contribution >= 0.6 is 0 Å². The predicted octanol–water partition coefficient (Wildman–Crippen LogP) is 0.888. The fourth-order valence-corrected chi connectivity index (χ4v) is 3.06. The summed E-state index contributed by atoms with van der Waals surface area (Å²) in [5.74, 6) is -0.866. The Hall–Kier alpha value is -1.10. The minimum atomic E-state index is -0.815. The second kappa shape index (κ2) is 4.53. The van der Waals surface area contributed by atoms with E-state index in [9.17, 15) is 14.7 Å². The van der Waals surface area contributed by atoms with Crippen molar-refractivity contribution in [1.29, 1.82) is 0 Å². The summed E-state index contributed by atoms with van der Waals surface area (Å²) in [5.41, 5.74) is -1.34. The quantitative estimate of drug-likeness (QED) is 0.699. The minimum Gasteiger partial charge on any atom is -0.481 e. The molecular weight excluding hydrogens is 232 g/mol. The van der Waals surface area contributed by atoms with Crippen molar-refractivity contribution in [3.05, 3.63) is 0 Å². The first-order chi connectivity index (χ1) is 8.38. The van der Waals surface area contributed by atoms with Crippen molar-refractivity contribution >= 4 is 11.9 Å². The number of carbonyl (C=O) groups excluding carboxylic acids is 1. The third kappa shape index (κ3) is 2.11. The van der Waals surface area contributed by atoms with E-state index >= 15 is 0 Å². The molecule has 1 amide bonds. The Kier molecular flexibility index (Phi) is 3.36. The van der Waals surface area contributed by atoms with Crippen molar-refractivity contribution in [2.75, 3.05) is 6.54 Å². The molecule has 0 aromatic carbocycles. The zero-order valence-corrected chi connectivity index (χ0v) is 11.1. The van der Waals surface area contributed by atoms with Crippen molar-refractivity contribution in [3.63, 3.8) is 0 Å². The van der Waals surface area contributed by atoms with Crippen molar-refractivity contribution in [2.45, 2.75) is 57.5 Å². The second-order valence-electron chi connectivity index (χ2n) is 6.00. The molecule has 102 valence electrons. The lowest BCUT2D eigenvalue weighted by atomic mass is 9.84. The number of aliphatic carboxylic acids is 1. The normalized spacial score (nSPS) is 39.8. The molecule has 5 nitrogen and oxygen atoms in total.